The molecule has 3 rings (SSSR count). The molecule has 6 heteroatoms. The van der Waals surface area contributed by atoms with Crippen LogP contribution in [-0.2, 0) is 0 Å². The Morgan fingerprint density at radius 1 is 1.33 bits per heavy atom. The van der Waals surface area contributed by atoms with Crippen molar-refractivity contribution in [3.63, 3.8) is 0 Å². The zero-order valence-corrected chi connectivity index (χ0v) is 11.3. The molecule has 0 unspecified atom stereocenters. The average Bonchev–Trinajstić information content (AvgIpc) is 2.73. The first-order chi connectivity index (χ1) is 8.65. The van der Waals surface area contributed by atoms with E-state index in [0.29, 0.717) is 26.4 Å². The van der Waals surface area contributed by atoms with Gasteiger partial charge in [-0.2, -0.15) is 0 Å². The Bertz CT molecular complexity index is 702. The maximum Gasteiger partial charge on any atom is 0.140 e. The highest BCUT2D eigenvalue weighted by Gasteiger charge is 2.10. The van der Waals surface area contributed by atoms with Gasteiger partial charge in [-0.25, -0.2) is 9.37 Å². The van der Waals surface area contributed by atoms with E-state index >= 15 is 0 Å². The number of H-pyrrole nitrogens is 1. The number of hydrogen-bond donors (Lipinski definition) is 1. The Labute approximate surface area is 115 Å². The summed E-state index contributed by atoms with van der Waals surface area (Å²) in [5.41, 5.74) is 2.03. The third-order valence-corrected chi connectivity index (χ3v) is 3.46. The minimum atomic E-state index is -0.335. The van der Waals surface area contributed by atoms with Gasteiger partial charge in [0.2, 0.25) is 0 Å². The molecule has 3 aromatic rings. The van der Waals surface area contributed by atoms with Crippen molar-refractivity contribution >= 4 is 38.6 Å². The van der Waals surface area contributed by atoms with Crippen molar-refractivity contribution in [2.75, 3.05) is 0 Å². The topological polar surface area (TPSA) is 41.6 Å². The third kappa shape index (κ3) is 1.89. The lowest BCUT2D eigenvalue weighted by atomic mass is 10.2. The van der Waals surface area contributed by atoms with E-state index in [-0.39, 0.29) is 5.82 Å². The summed E-state index contributed by atoms with van der Waals surface area (Å²) in [5, 5.41) is 0.496. The van der Waals surface area contributed by atoms with Gasteiger partial charge < -0.3 is 4.98 Å². The molecule has 0 aliphatic carbocycles. The van der Waals surface area contributed by atoms with Gasteiger partial charge in [0, 0.05) is 24.0 Å². The number of benzene rings is 1. The molecule has 90 valence electrons. The standard InChI is InChI=1S/C12H6BrClFN3/c13-7-3-10-11(4-9(7)15)18-12(17-10)6-1-2-16-5-8(6)14/h1-5H,(H,17,18). The molecule has 0 aliphatic rings. The summed E-state index contributed by atoms with van der Waals surface area (Å²) >= 11 is 9.17. The number of imidazole rings is 1. The highest BCUT2D eigenvalue weighted by molar-refractivity contribution is 9.10. The van der Waals surface area contributed by atoms with E-state index in [0.717, 1.165) is 5.56 Å². The lowest BCUT2D eigenvalue weighted by Crippen LogP contribution is -1.82. The molecule has 1 aromatic carbocycles. The normalized spacial score (nSPS) is 11.1. The SMILES string of the molecule is Fc1cc2[nH]c(-c3ccncc3Cl)nc2cc1Br. The molecule has 3 nitrogen and oxygen atoms in total. The first-order valence-electron chi connectivity index (χ1n) is 5.10. The van der Waals surface area contributed by atoms with E-state index in [1.807, 2.05) is 0 Å². The number of rotatable bonds is 1. The molecular formula is C12H6BrClFN3. The number of fused-ring (bicyclic) bond motifs is 1. The molecule has 0 bridgehead atoms. The zero-order chi connectivity index (χ0) is 12.7. The second kappa shape index (κ2) is 4.33. The largest absolute Gasteiger partial charge is 0.338 e. The average molecular weight is 327 g/mol. The summed E-state index contributed by atoms with van der Waals surface area (Å²) in [6, 6.07) is 4.77. The van der Waals surface area contributed by atoms with Crippen LogP contribution >= 0.6 is 27.5 Å². The van der Waals surface area contributed by atoms with Crippen molar-refractivity contribution in [1.29, 1.82) is 0 Å². The summed E-state index contributed by atoms with van der Waals surface area (Å²) in [5.74, 6) is 0.258. The fourth-order valence-electron chi connectivity index (χ4n) is 1.70. The van der Waals surface area contributed by atoms with Crippen molar-refractivity contribution in [3.8, 4) is 11.4 Å². The van der Waals surface area contributed by atoms with E-state index in [2.05, 4.69) is 30.9 Å². The molecule has 0 spiro atoms. The quantitative estimate of drug-likeness (QED) is 0.729. The van der Waals surface area contributed by atoms with Gasteiger partial charge in [0.15, 0.2) is 0 Å². The fraction of sp³-hybridized carbons (Fsp3) is 0. The molecule has 0 radical (unpaired) electrons. The predicted molar refractivity (Wildman–Crippen MR) is 72.0 cm³/mol. The number of aromatic nitrogens is 3. The van der Waals surface area contributed by atoms with Crippen molar-refractivity contribution < 1.29 is 4.39 Å². The van der Waals surface area contributed by atoms with Crippen LogP contribution < -0.4 is 0 Å². The lowest BCUT2D eigenvalue weighted by molar-refractivity contribution is 0.623. The fourth-order valence-corrected chi connectivity index (χ4v) is 2.24. The molecule has 0 saturated heterocycles. The van der Waals surface area contributed by atoms with Crippen LogP contribution in [0.1, 0.15) is 0 Å². The van der Waals surface area contributed by atoms with Gasteiger partial charge in [-0.3, -0.25) is 4.98 Å². The molecule has 18 heavy (non-hydrogen) atoms. The van der Waals surface area contributed by atoms with Crippen molar-refractivity contribution in [2.45, 2.75) is 0 Å². The van der Waals surface area contributed by atoms with Crippen LogP contribution in [0.25, 0.3) is 22.4 Å². The van der Waals surface area contributed by atoms with E-state index in [1.165, 1.54) is 6.07 Å². The molecular weight excluding hydrogens is 321 g/mol. The van der Waals surface area contributed by atoms with E-state index < -0.39 is 0 Å². The minimum Gasteiger partial charge on any atom is -0.338 e. The molecule has 0 fully saturated rings. The second-order valence-corrected chi connectivity index (χ2v) is 4.99. The van der Waals surface area contributed by atoms with Gasteiger partial charge in [0.1, 0.15) is 11.6 Å². The molecule has 0 amide bonds. The van der Waals surface area contributed by atoms with Crippen molar-refractivity contribution in [3.05, 3.63) is 45.9 Å². The molecule has 0 aliphatic heterocycles. The van der Waals surface area contributed by atoms with Gasteiger partial charge in [-0.15, -0.1) is 0 Å². The van der Waals surface area contributed by atoms with Crippen molar-refractivity contribution in [1.82, 2.24) is 15.0 Å². The Hall–Kier alpha value is -1.46. The third-order valence-electron chi connectivity index (χ3n) is 2.55. The monoisotopic (exact) mass is 325 g/mol. The summed E-state index contributed by atoms with van der Waals surface area (Å²) in [6.45, 7) is 0. The number of halogens is 3. The van der Waals surface area contributed by atoms with Gasteiger partial charge in [-0.1, -0.05) is 11.6 Å². The van der Waals surface area contributed by atoms with E-state index in [4.69, 9.17) is 11.6 Å². The van der Waals surface area contributed by atoms with Crippen LogP contribution in [0.4, 0.5) is 4.39 Å². The molecule has 0 atom stereocenters. The van der Waals surface area contributed by atoms with Crippen LogP contribution in [-0.4, -0.2) is 15.0 Å². The maximum atomic E-state index is 13.4. The number of nitrogens with one attached hydrogen (secondary N) is 1. The maximum absolute atomic E-state index is 13.4. The van der Waals surface area contributed by atoms with Crippen LogP contribution in [0, 0.1) is 5.82 Å². The van der Waals surface area contributed by atoms with Crippen molar-refractivity contribution in [2.24, 2.45) is 0 Å². The lowest BCUT2D eigenvalue weighted by Gasteiger charge is -1.97. The molecule has 2 aromatic heterocycles. The summed E-state index contributed by atoms with van der Waals surface area (Å²) in [7, 11) is 0. The first-order valence-corrected chi connectivity index (χ1v) is 6.27. The Morgan fingerprint density at radius 2 is 2.17 bits per heavy atom. The summed E-state index contributed by atoms with van der Waals surface area (Å²) < 4.78 is 13.8. The molecule has 1 N–H and O–H groups in total. The molecule has 2 heterocycles. The van der Waals surface area contributed by atoms with Gasteiger partial charge in [-0.05, 0) is 28.1 Å². The Kier molecular flexibility index (Phi) is 2.80. The highest BCUT2D eigenvalue weighted by atomic mass is 79.9. The Morgan fingerprint density at radius 3 is 2.94 bits per heavy atom. The summed E-state index contributed by atoms with van der Waals surface area (Å²) in [6.07, 6.45) is 3.17. The van der Waals surface area contributed by atoms with Crippen LogP contribution in [0.2, 0.25) is 5.02 Å². The number of hydrogen-bond acceptors (Lipinski definition) is 2. The van der Waals surface area contributed by atoms with E-state index in [9.17, 15) is 4.39 Å². The van der Waals surface area contributed by atoms with Gasteiger partial charge in [0.25, 0.3) is 0 Å². The summed E-state index contributed by atoms with van der Waals surface area (Å²) in [4.78, 5) is 11.3. The smallest absolute Gasteiger partial charge is 0.140 e. The van der Waals surface area contributed by atoms with E-state index in [1.54, 1.807) is 24.5 Å². The number of aromatic amines is 1. The second-order valence-electron chi connectivity index (χ2n) is 3.72. The van der Waals surface area contributed by atoms with Crippen LogP contribution in [0.3, 0.4) is 0 Å². The van der Waals surface area contributed by atoms with Gasteiger partial charge in [0.05, 0.1) is 20.5 Å². The minimum absolute atomic E-state index is 0.335. The predicted octanol–water partition coefficient (Wildman–Crippen LogP) is 4.18. The zero-order valence-electron chi connectivity index (χ0n) is 8.92. The Balaban J connectivity index is 2.23. The first kappa shape index (κ1) is 11.6. The number of nitrogens with zero attached hydrogens (tertiary/aromatic N) is 2. The van der Waals surface area contributed by atoms with Gasteiger partial charge >= 0.3 is 0 Å². The highest BCUT2D eigenvalue weighted by Crippen LogP contribution is 2.28. The number of pyridine rings is 1. The van der Waals surface area contributed by atoms with Crippen LogP contribution in [0.5, 0.6) is 0 Å². The van der Waals surface area contributed by atoms with Crippen LogP contribution in [0.15, 0.2) is 35.1 Å². The molecule has 0 saturated carbocycles.